The number of carbonyl (C=O) groups excluding carboxylic acids is 1. The monoisotopic (exact) mass is 335 g/mol. The van der Waals surface area contributed by atoms with Gasteiger partial charge >= 0.3 is 0 Å². The van der Waals surface area contributed by atoms with Crippen LogP contribution in [0.3, 0.4) is 0 Å². The van der Waals surface area contributed by atoms with E-state index < -0.39 is 14.7 Å². The van der Waals surface area contributed by atoms with Crippen molar-refractivity contribution in [1.82, 2.24) is 0 Å². The van der Waals surface area contributed by atoms with Gasteiger partial charge in [-0.1, -0.05) is 0 Å². The number of halogens is 1. The SMILES string of the molecule is COc1cc(NC(=O)COC(C)(C)C)ccc1S(=O)(=O)Cl. The lowest BCUT2D eigenvalue weighted by atomic mass is 10.2. The Labute approximate surface area is 128 Å². The lowest BCUT2D eigenvalue weighted by Crippen LogP contribution is -2.27. The smallest absolute Gasteiger partial charge is 0.264 e. The minimum atomic E-state index is -3.91. The molecular weight excluding hydrogens is 318 g/mol. The molecule has 0 saturated heterocycles. The van der Waals surface area contributed by atoms with Crippen LogP contribution in [0.1, 0.15) is 20.8 Å². The topological polar surface area (TPSA) is 81.7 Å². The second-order valence-corrected chi connectivity index (χ2v) is 7.79. The first-order valence-electron chi connectivity index (χ1n) is 6.09. The minimum Gasteiger partial charge on any atom is -0.495 e. The van der Waals surface area contributed by atoms with Crippen LogP contribution in [0.25, 0.3) is 0 Å². The average Bonchev–Trinajstić information content (AvgIpc) is 2.34. The maximum absolute atomic E-state index is 11.7. The normalized spacial score (nSPS) is 12.0. The molecule has 1 aromatic carbocycles. The molecule has 1 aromatic rings. The van der Waals surface area contributed by atoms with Crippen molar-refractivity contribution in [3.05, 3.63) is 18.2 Å². The Kier molecular flexibility index (Phi) is 5.61. The van der Waals surface area contributed by atoms with Crippen LogP contribution in [-0.4, -0.2) is 33.6 Å². The predicted molar refractivity (Wildman–Crippen MR) is 80.4 cm³/mol. The number of nitrogens with one attached hydrogen (secondary N) is 1. The Morgan fingerprint density at radius 1 is 1.33 bits per heavy atom. The van der Waals surface area contributed by atoms with Gasteiger partial charge in [-0.15, -0.1) is 0 Å². The van der Waals surface area contributed by atoms with Crippen LogP contribution < -0.4 is 10.1 Å². The van der Waals surface area contributed by atoms with Gasteiger partial charge in [0.15, 0.2) is 0 Å². The molecule has 0 aliphatic heterocycles. The fourth-order valence-corrected chi connectivity index (χ4v) is 2.42. The van der Waals surface area contributed by atoms with Gasteiger partial charge in [-0.05, 0) is 32.9 Å². The Morgan fingerprint density at radius 2 is 1.95 bits per heavy atom. The molecule has 0 unspecified atom stereocenters. The minimum absolute atomic E-state index is 0.0551. The van der Waals surface area contributed by atoms with Crippen molar-refractivity contribution in [2.24, 2.45) is 0 Å². The highest BCUT2D eigenvalue weighted by Crippen LogP contribution is 2.29. The van der Waals surface area contributed by atoms with Gasteiger partial charge in [0.25, 0.3) is 9.05 Å². The summed E-state index contributed by atoms with van der Waals surface area (Å²) in [6, 6.07) is 4.07. The summed E-state index contributed by atoms with van der Waals surface area (Å²) in [5.74, 6) is -0.298. The molecule has 0 saturated carbocycles. The summed E-state index contributed by atoms with van der Waals surface area (Å²) in [5.41, 5.74) is -0.0376. The van der Waals surface area contributed by atoms with Crippen LogP contribution in [0.2, 0.25) is 0 Å². The van der Waals surface area contributed by atoms with Crippen LogP contribution in [0.15, 0.2) is 23.1 Å². The van der Waals surface area contributed by atoms with Gasteiger partial charge in [-0.3, -0.25) is 4.79 Å². The van der Waals surface area contributed by atoms with E-state index in [4.69, 9.17) is 20.2 Å². The van der Waals surface area contributed by atoms with E-state index in [0.29, 0.717) is 5.69 Å². The van der Waals surface area contributed by atoms with Gasteiger partial charge in [-0.2, -0.15) is 0 Å². The summed E-state index contributed by atoms with van der Waals surface area (Å²) in [5, 5.41) is 2.59. The molecule has 0 radical (unpaired) electrons. The second kappa shape index (κ2) is 6.64. The molecule has 0 fully saturated rings. The highest BCUT2D eigenvalue weighted by Gasteiger charge is 2.18. The first-order valence-corrected chi connectivity index (χ1v) is 8.40. The van der Waals surface area contributed by atoms with E-state index in [9.17, 15) is 13.2 Å². The van der Waals surface area contributed by atoms with Crippen molar-refractivity contribution >= 4 is 31.3 Å². The van der Waals surface area contributed by atoms with E-state index in [1.807, 2.05) is 20.8 Å². The summed E-state index contributed by atoms with van der Waals surface area (Å²) in [6.45, 7) is 5.40. The van der Waals surface area contributed by atoms with Crippen molar-refractivity contribution in [3.63, 3.8) is 0 Å². The zero-order valence-corrected chi connectivity index (χ0v) is 13.8. The number of amides is 1. The highest BCUT2D eigenvalue weighted by atomic mass is 35.7. The molecule has 0 aliphatic rings. The summed E-state index contributed by atoms with van der Waals surface area (Å²) < 4.78 is 33.0. The van der Waals surface area contributed by atoms with Gasteiger partial charge in [0.05, 0.1) is 12.7 Å². The number of carbonyl (C=O) groups is 1. The number of rotatable bonds is 5. The van der Waals surface area contributed by atoms with Crippen molar-refractivity contribution in [1.29, 1.82) is 0 Å². The summed E-state index contributed by atoms with van der Waals surface area (Å²) in [4.78, 5) is 11.6. The van der Waals surface area contributed by atoms with Crippen LogP contribution in [0.4, 0.5) is 5.69 Å². The van der Waals surface area contributed by atoms with Gasteiger partial charge < -0.3 is 14.8 Å². The number of hydrogen-bond acceptors (Lipinski definition) is 5. The second-order valence-electron chi connectivity index (χ2n) is 5.25. The van der Waals surface area contributed by atoms with Crippen molar-refractivity contribution < 1.29 is 22.7 Å². The maximum Gasteiger partial charge on any atom is 0.264 e. The van der Waals surface area contributed by atoms with Gasteiger partial charge in [0, 0.05) is 22.4 Å². The Hall–Kier alpha value is -1.31. The number of anilines is 1. The summed E-state index contributed by atoms with van der Waals surface area (Å²) >= 11 is 0. The van der Waals surface area contributed by atoms with Gasteiger partial charge in [-0.25, -0.2) is 8.42 Å². The van der Waals surface area contributed by atoms with Crippen molar-refractivity contribution in [2.75, 3.05) is 19.0 Å². The Morgan fingerprint density at radius 3 is 2.43 bits per heavy atom. The molecule has 6 nitrogen and oxygen atoms in total. The molecule has 1 rings (SSSR count). The molecule has 0 aromatic heterocycles. The fraction of sp³-hybridized carbons (Fsp3) is 0.462. The highest BCUT2D eigenvalue weighted by molar-refractivity contribution is 8.13. The van der Waals surface area contributed by atoms with Crippen LogP contribution in [0.5, 0.6) is 5.75 Å². The third-order valence-electron chi connectivity index (χ3n) is 2.35. The Bertz CT molecular complexity index is 622. The van der Waals surface area contributed by atoms with Crippen LogP contribution in [-0.2, 0) is 18.6 Å². The summed E-state index contributed by atoms with van der Waals surface area (Å²) in [7, 11) is 2.69. The number of benzene rings is 1. The fourth-order valence-electron chi connectivity index (χ4n) is 1.43. The van der Waals surface area contributed by atoms with E-state index in [1.54, 1.807) is 0 Å². The number of ether oxygens (including phenoxy) is 2. The van der Waals surface area contributed by atoms with Crippen LogP contribution in [0, 0.1) is 0 Å². The summed E-state index contributed by atoms with van der Waals surface area (Å²) in [6.07, 6.45) is 0. The van der Waals surface area contributed by atoms with Crippen molar-refractivity contribution in [2.45, 2.75) is 31.3 Å². The lowest BCUT2D eigenvalue weighted by Gasteiger charge is -2.19. The molecule has 8 heteroatoms. The molecule has 0 bridgehead atoms. The molecule has 21 heavy (non-hydrogen) atoms. The molecule has 1 N–H and O–H groups in total. The largest absolute Gasteiger partial charge is 0.495 e. The Balaban J connectivity index is 2.84. The first-order chi connectivity index (χ1) is 9.53. The third-order valence-corrected chi connectivity index (χ3v) is 3.71. The number of methoxy groups -OCH3 is 1. The maximum atomic E-state index is 11.7. The molecule has 1 amide bonds. The standard InChI is InChI=1S/C13H18ClNO5S/c1-13(2,3)20-8-12(16)15-9-5-6-11(21(14,17)18)10(7-9)19-4/h5-7H,8H2,1-4H3,(H,15,16). The average molecular weight is 336 g/mol. The van der Waals surface area contributed by atoms with Crippen molar-refractivity contribution in [3.8, 4) is 5.75 Å². The van der Waals surface area contributed by atoms with E-state index in [2.05, 4.69) is 5.32 Å². The molecular formula is C13H18ClNO5S. The molecule has 0 atom stereocenters. The molecule has 0 aliphatic carbocycles. The predicted octanol–water partition coefficient (Wildman–Crippen LogP) is 2.38. The van der Waals surface area contributed by atoms with E-state index in [-0.39, 0.29) is 23.2 Å². The first kappa shape index (κ1) is 17.7. The molecule has 0 spiro atoms. The quantitative estimate of drug-likeness (QED) is 0.835. The van der Waals surface area contributed by atoms with Gasteiger partial charge in [0.1, 0.15) is 17.3 Å². The zero-order valence-electron chi connectivity index (χ0n) is 12.3. The van der Waals surface area contributed by atoms with E-state index in [0.717, 1.165) is 0 Å². The molecule has 0 heterocycles. The van der Waals surface area contributed by atoms with Gasteiger partial charge in [0.2, 0.25) is 5.91 Å². The lowest BCUT2D eigenvalue weighted by molar-refractivity contribution is -0.125. The molecule has 118 valence electrons. The van der Waals surface area contributed by atoms with E-state index >= 15 is 0 Å². The van der Waals surface area contributed by atoms with Crippen LogP contribution >= 0.6 is 10.7 Å². The third kappa shape index (κ3) is 5.91. The van der Waals surface area contributed by atoms with E-state index in [1.165, 1.54) is 25.3 Å². The zero-order chi connectivity index (χ0) is 16.3. The number of hydrogen-bond donors (Lipinski definition) is 1.